The van der Waals surface area contributed by atoms with Crippen LogP contribution in [0.15, 0.2) is 102 Å². The molecule has 0 unspecified atom stereocenters. The first kappa shape index (κ1) is 38.1. The highest BCUT2D eigenvalue weighted by molar-refractivity contribution is 7.92. The van der Waals surface area contributed by atoms with E-state index in [0.717, 1.165) is 64.4 Å². The van der Waals surface area contributed by atoms with Crippen LogP contribution in [0.2, 0.25) is 0 Å². The lowest BCUT2D eigenvalue weighted by Gasteiger charge is -2.20. The van der Waals surface area contributed by atoms with Crippen LogP contribution in [-0.2, 0) is 51.6 Å². The van der Waals surface area contributed by atoms with Crippen molar-refractivity contribution in [2.45, 2.75) is 49.8 Å². The van der Waals surface area contributed by atoms with Gasteiger partial charge < -0.3 is 14.8 Å². The number of fused-ring (bicyclic) bond motifs is 1. The summed E-state index contributed by atoms with van der Waals surface area (Å²) in [5.41, 5.74) is 5.68. The van der Waals surface area contributed by atoms with Gasteiger partial charge in [0.15, 0.2) is 5.78 Å². The van der Waals surface area contributed by atoms with Gasteiger partial charge in [-0.15, -0.1) is 11.3 Å². The van der Waals surface area contributed by atoms with Gasteiger partial charge in [0.2, 0.25) is 0 Å². The van der Waals surface area contributed by atoms with E-state index >= 15 is 0 Å². The van der Waals surface area contributed by atoms with Crippen molar-refractivity contribution >= 4 is 56.4 Å². The number of hydrogen-bond acceptors (Lipinski definition) is 9. The molecule has 1 amide bonds. The summed E-state index contributed by atoms with van der Waals surface area (Å²) >= 11 is 1.48. The maximum atomic E-state index is 13.9. The maximum Gasteiger partial charge on any atom is 0.337 e. The molecule has 0 atom stereocenters. The molecule has 54 heavy (non-hydrogen) atoms. The number of aryl methyl sites for hydroxylation is 3. The monoisotopic (exact) mass is 764 g/mol. The van der Waals surface area contributed by atoms with Gasteiger partial charge in [-0.3, -0.25) is 13.9 Å². The minimum atomic E-state index is -4.06. The fourth-order valence-electron chi connectivity index (χ4n) is 6.47. The van der Waals surface area contributed by atoms with Crippen molar-refractivity contribution in [3.63, 3.8) is 0 Å². The standard InChI is InChI=1S/C42H40N2O8S2/c1-44(33-23-19-30(20-24-33)42(48)52-3)54(49,50)34-8-6-7-31(25-34)36(45)26-38-39(35-9-4-5-10-37(35)53-38)40(46)43-32-21-15-28(16-22-32)12-11-27-13-17-29(18-14-27)41(47)51-2/h6-8,13-25H,4-5,9-12,26H2,1-3H3,(H,43,46). The first-order valence-corrected chi connectivity index (χ1v) is 19.8. The number of nitrogens with zero attached hydrogens (tertiary/aromatic N) is 1. The number of sulfonamides is 1. The number of nitrogens with one attached hydrogen (secondary N) is 1. The van der Waals surface area contributed by atoms with Gasteiger partial charge in [0, 0.05) is 34.5 Å². The number of carbonyl (C=O) groups excluding carboxylic acids is 4. The normalized spacial score (nSPS) is 12.4. The van der Waals surface area contributed by atoms with E-state index in [-0.39, 0.29) is 40.1 Å². The topological polar surface area (TPSA) is 136 Å². The zero-order chi connectivity index (χ0) is 38.4. The second-order valence-electron chi connectivity index (χ2n) is 13.0. The molecule has 1 N–H and O–H groups in total. The number of benzene rings is 4. The van der Waals surface area contributed by atoms with E-state index in [0.29, 0.717) is 27.4 Å². The summed E-state index contributed by atoms with van der Waals surface area (Å²) in [6, 6.07) is 26.9. The molecule has 0 fully saturated rings. The zero-order valence-electron chi connectivity index (χ0n) is 30.2. The molecule has 4 aromatic carbocycles. The van der Waals surface area contributed by atoms with Gasteiger partial charge in [0.1, 0.15) is 0 Å². The lowest BCUT2D eigenvalue weighted by molar-refractivity contribution is 0.0592. The number of hydrogen-bond donors (Lipinski definition) is 1. The quantitative estimate of drug-likeness (QED) is 0.0963. The van der Waals surface area contributed by atoms with E-state index in [1.54, 1.807) is 18.2 Å². The molecule has 10 nitrogen and oxygen atoms in total. The zero-order valence-corrected chi connectivity index (χ0v) is 31.9. The molecule has 1 aliphatic carbocycles. The molecule has 1 heterocycles. The van der Waals surface area contributed by atoms with Gasteiger partial charge in [-0.2, -0.15) is 0 Å². The summed E-state index contributed by atoms with van der Waals surface area (Å²) in [6.45, 7) is 0. The van der Waals surface area contributed by atoms with Crippen molar-refractivity contribution in [3.05, 3.63) is 146 Å². The lowest BCUT2D eigenvalue weighted by Crippen LogP contribution is -2.26. The Hall–Kier alpha value is -5.59. The number of amides is 1. The van der Waals surface area contributed by atoms with Crippen LogP contribution in [0.25, 0.3) is 0 Å². The van der Waals surface area contributed by atoms with Gasteiger partial charge in [0.05, 0.1) is 41.5 Å². The van der Waals surface area contributed by atoms with Crippen LogP contribution >= 0.6 is 11.3 Å². The van der Waals surface area contributed by atoms with Crippen molar-refractivity contribution < 1.29 is 37.1 Å². The third-order valence-corrected chi connectivity index (χ3v) is 12.6. The average Bonchev–Trinajstić information content (AvgIpc) is 3.57. The molecule has 0 saturated heterocycles. The number of esters is 2. The minimum Gasteiger partial charge on any atom is -0.465 e. The number of ether oxygens (including phenoxy) is 2. The van der Waals surface area contributed by atoms with Crippen LogP contribution < -0.4 is 9.62 Å². The first-order valence-electron chi connectivity index (χ1n) is 17.5. The Morgan fingerprint density at radius 1 is 0.741 bits per heavy atom. The highest BCUT2D eigenvalue weighted by Gasteiger charge is 2.28. The van der Waals surface area contributed by atoms with Crippen LogP contribution in [-0.4, -0.2) is 53.3 Å². The summed E-state index contributed by atoms with van der Waals surface area (Å²) in [5.74, 6) is -1.47. The van der Waals surface area contributed by atoms with Crippen molar-refractivity contribution in [2.24, 2.45) is 0 Å². The van der Waals surface area contributed by atoms with Crippen LogP contribution in [0.3, 0.4) is 0 Å². The smallest absolute Gasteiger partial charge is 0.337 e. The van der Waals surface area contributed by atoms with Crippen molar-refractivity contribution in [1.29, 1.82) is 0 Å². The van der Waals surface area contributed by atoms with Crippen LogP contribution in [0.4, 0.5) is 11.4 Å². The summed E-state index contributed by atoms with van der Waals surface area (Å²) < 4.78 is 37.8. The van der Waals surface area contributed by atoms with Crippen LogP contribution in [0.1, 0.15) is 80.7 Å². The van der Waals surface area contributed by atoms with E-state index in [1.807, 2.05) is 36.4 Å². The number of carbonyl (C=O) groups is 4. The molecule has 0 spiro atoms. The molecule has 5 aromatic rings. The average molecular weight is 765 g/mol. The summed E-state index contributed by atoms with van der Waals surface area (Å²) in [4.78, 5) is 52.9. The third kappa shape index (κ3) is 8.45. The first-order chi connectivity index (χ1) is 26.0. The molecule has 278 valence electrons. The molecular weight excluding hydrogens is 725 g/mol. The Kier molecular flexibility index (Phi) is 11.7. The van der Waals surface area contributed by atoms with E-state index in [1.165, 1.54) is 75.1 Å². The number of ketones is 1. The van der Waals surface area contributed by atoms with Gasteiger partial charge in [-0.25, -0.2) is 18.0 Å². The van der Waals surface area contributed by atoms with E-state index in [9.17, 15) is 27.6 Å². The van der Waals surface area contributed by atoms with Crippen molar-refractivity contribution in [2.75, 3.05) is 30.9 Å². The fourth-order valence-corrected chi connectivity index (χ4v) is 9.11. The Bertz CT molecular complexity index is 2300. The fraction of sp³-hybridized carbons (Fsp3) is 0.238. The van der Waals surface area contributed by atoms with Gasteiger partial charge in [-0.1, -0.05) is 36.4 Å². The Morgan fingerprint density at radius 3 is 1.93 bits per heavy atom. The number of thiophene rings is 1. The molecule has 1 aromatic heterocycles. The minimum absolute atomic E-state index is 0.0473. The molecule has 1 aliphatic rings. The van der Waals surface area contributed by atoms with Gasteiger partial charge >= 0.3 is 11.9 Å². The summed E-state index contributed by atoms with van der Waals surface area (Å²) in [5, 5.41) is 3.04. The van der Waals surface area contributed by atoms with E-state index in [4.69, 9.17) is 9.47 Å². The van der Waals surface area contributed by atoms with E-state index < -0.39 is 16.0 Å². The molecule has 0 radical (unpaired) electrons. The summed E-state index contributed by atoms with van der Waals surface area (Å²) in [7, 11) is -0.0281. The van der Waals surface area contributed by atoms with Crippen LogP contribution in [0, 0.1) is 0 Å². The highest BCUT2D eigenvalue weighted by Crippen LogP contribution is 2.36. The number of Topliss-reactive ketones (excluding diaryl/α,β-unsaturated/α-hetero) is 1. The number of methoxy groups -OCH3 is 2. The second-order valence-corrected chi connectivity index (χ2v) is 16.1. The number of rotatable bonds is 13. The predicted octanol–water partition coefficient (Wildman–Crippen LogP) is 7.49. The highest BCUT2D eigenvalue weighted by atomic mass is 32.2. The molecule has 6 rings (SSSR count). The Morgan fingerprint density at radius 2 is 1.31 bits per heavy atom. The maximum absolute atomic E-state index is 13.9. The van der Waals surface area contributed by atoms with Gasteiger partial charge in [-0.05, 0) is 116 Å². The molecular formula is C42H40N2O8S2. The molecule has 0 aliphatic heterocycles. The lowest BCUT2D eigenvalue weighted by atomic mass is 9.93. The molecule has 0 bridgehead atoms. The largest absolute Gasteiger partial charge is 0.465 e. The van der Waals surface area contributed by atoms with Crippen LogP contribution in [0.5, 0.6) is 0 Å². The number of anilines is 2. The van der Waals surface area contributed by atoms with Crippen molar-refractivity contribution in [3.8, 4) is 0 Å². The molecule has 12 heteroatoms. The Balaban J connectivity index is 1.15. The summed E-state index contributed by atoms with van der Waals surface area (Å²) in [6.07, 6.45) is 5.07. The van der Waals surface area contributed by atoms with E-state index in [2.05, 4.69) is 5.32 Å². The predicted molar refractivity (Wildman–Crippen MR) is 208 cm³/mol. The van der Waals surface area contributed by atoms with Crippen molar-refractivity contribution in [1.82, 2.24) is 0 Å². The Labute approximate surface area is 318 Å². The molecule has 0 saturated carbocycles. The third-order valence-electron chi connectivity index (χ3n) is 9.55. The SMILES string of the molecule is COC(=O)c1ccc(CCc2ccc(NC(=O)c3c(CC(=O)c4cccc(S(=O)(=O)N(C)c5ccc(C(=O)OC)cc5)c4)sc4c3CCCC4)cc2)cc1. The van der Waals surface area contributed by atoms with Gasteiger partial charge in [0.25, 0.3) is 15.9 Å². The second kappa shape index (κ2) is 16.6.